The molecule has 186 valence electrons. The van der Waals surface area contributed by atoms with Gasteiger partial charge in [-0.1, -0.05) is 0 Å². The lowest BCUT2D eigenvalue weighted by molar-refractivity contribution is -0.125. The molecule has 9 heteroatoms. The van der Waals surface area contributed by atoms with Gasteiger partial charge in [-0.15, -0.1) is 0 Å². The third-order valence-corrected chi connectivity index (χ3v) is 8.12. The van der Waals surface area contributed by atoms with Crippen LogP contribution in [0.1, 0.15) is 59.8 Å². The third-order valence-electron chi connectivity index (χ3n) is 8.12. The quantitative estimate of drug-likeness (QED) is 0.313. The smallest absolute Gasteiger partial charge is 0.224 e. The molecule has 2 saturated heterocycles. The Balaban J connectivity index is 1.74. The van der Waals surface area contributed by atoms with Gasteiger partial charge in [0.05, 0.1) is 23.3 Å². The summed E-state index contributed by atoms with van der Waals surface area (Å²) in [6.07, 6.45) is 4.51. The van der Waals surface area contributed by atoms with E-state index in [1.165, 1.54) is 0 Å². The highest BCUT2D eigenvalue weighted by Gasteiger charge is 2.44. The SMILES string of the molecule is COC(C)(C)C1CC(NC2NC(N3CCC[C@H](N)C3)NCC2C(N)=O)CC(C(C)(C)O)C1. The second kappa shape index (κ2) is 10.2. The van der Waals surface area contributed by atoms with E-state index in [1.54, 1.807) is 7.11 Å². The van der Waals surface area contributed by atoms with Gasteiger partial charge in [-0.25, -0.2) is 0 Å². The zero-order chi connectivity index (χ0) is 23.7. The Morgan fingerprint density at radius 2 is 1.88 bits per heavy atom. The summed E-state index contributed by atoms with van der Waals surface area (Å²) in [4.78, 5) is 14.6. The number of ether oxygens (including phenoxy) is 1. The van der Waals surface area contributed by atoms with Crippen LogP contribution < -0.4 is 27.4 Å². The molecule has 8 N–H and O–H groups in total. The number of amides is 1. The predicted octanol–water partition coefficient (Wildman–Crippen LogP) is -0.116. The molecule has 0 aromatic rings. The van der Waals surface area contributed by atoms with E-state index in [4.69, 9.17) is 16.2 Å². The van der Waals surface area contributed by atoms with Crippen molar-refractivity contribution in [1.29, 1.82) is 0 Å². The Kier molecular flexibility index (Phi) is 8.24. The Hall–Kier alpha value is -0.810. The Morgan fingerprint density at radius 1 is 1.19 bits per heavy atom. The lowest BCUT2D eigenvalue weighted by atomic mass is 9.67. The molecule has 1 saturated carbocycles. The number of piperidine rings is 1. The fourth-order valence-corrected chi connectivity index (χ4v) is 5.66. The molecule has 0 bridgehead atoms. The number of nitrogens with one attached hydrogen (secondary N) is 3. The number of carbonyl (C=O) groups excluding carboxylic acids is 1. The molecule has 32 heavy (non-hydrogen) atoms. The van der Waals surface area contributed by atoms with Crippen molar-refractivity contribution in [3.63, 3.8) is 0 Å². The zero-order valence-electron chi connectivity index (χ0n) is 20.6. The van der Waals surface area contributed by atoms with Crippen molar-refractivity contribution in [1.82, 2.24) is 20.9 Å². The van der Waals surface area contributed by atoms with Crippen molar-refractivity contribution in [3.8, 4) is 0 Å². The number of likely N-dealkylation sites (tertiary alicyclic amines) is 1. The predicted molar refractivity (Wildman–Crippen MR) is 125 cm³/mol. The van der Waals surface area contributed by atoms with Crippen molar-refractivity contribution in [3.05, 3.63) is 0 Å². The van der Waals surface area contributed by atoms with Crippen molar-refractivity contribution in [2.75, 3.05) is 26.7 Å². The van der Waals surface area contributed by atoms with Gasteiger partial charge in [0.25, 0.3) is 0 Å². The van der Waals surface area contributed by atoms with Gasteiger partial charge in [-0.3, -0.25) is 25.6 Å². The topological polar surface area (TPSA) is 138 Å². The highest BCUT2D eigenvalue weighted by atomic mass is 16.5. The Labute approximate surface area is 193 Å². The van der Waals surface area contributed by atoms with Crippen LogP contribution in [0.3, 0.4) is 0 Å². The van der Waals surface area contributed by atoms with Gasteiger partial charge in [-0.2, -0.15) is 0 Å². The molecule has 1 amide bonds. The second-order valence-corrected chi connectivity index (χ2v) is 11.3. The van der Waals surface area contributed by atoms with Crippen LogP contribution in [0.4, 0.5) is 0 Å². The van der Waals surface area contributed by atoms with Gasteiger partial charge in [0, 0.05) is 38.8 Å². The normalized spacial score (nSPS) is 37.9. The summed E-state index contributed by atoms with van der Waals surface area (Å²) in [6, 6.07) is 0.317. The number of hydrogen-bond donors (Lipinski definition) is 6. The van der Waals surface area contributed by atoms with Crippen molar-refractivity contribution in [2.45, 2.75) is 95.5 Å². The molecule has 3 rings (SSSR count). The van der Waals surface area contributed by atoms with Gasteiger partial charge < -0.3 is 21.3 Å². The first-order valence-electron chi connectivity index (χ1n) is 12.2. The monoisotopic (exact) mass is 454 g/mol. The third kappa shape index (κ3) is 6.20. The molecule has 2 aliphatic heterocycles. The van der Waals surface area contributed by atoms with E-state index >= 15 is 0 Å². The first-order chi connectivity index (χ1) is 14.9. The summed E-state index contributed by atoms with van der Waals surface area (Å²) in [5.41, 5.74) is 10.9. The second-order valence-electron chi connectivity index (χ2n) is 11.3. The lowest BCUT2D eigenvalue weighted by Crippen LogP contribution is -2.72. The zero-order valence-corrected chi connectivity index (χ0v) is 20.6. The van der Waals surface area contributed by atoms with Gasteiger partial charge in [0.15, 0.2) is 0 Å². The maximum atomic E-state index is 12.2. The number of carbonyl (C=O) groups is 1. The average Bonchev–Trinajstić information content (AvgIpc) is 2.72. The fraction of sp³-hybridized carbons (Fsp3) is 0.957. The molecule has 0 radical (unpaired) electrons. The Bertz CT molecular complexity index is 640. The molecular weight excluding hydrogens is 408 g/mol. The van der Waals surface area contributed by atoms with Crippen molar-refractivity contribution < 1.29 is 14.6 Å². The first kappa shape index (κ1) is 25.8. The first-order valence-corrected chi connectivity index (χ1v) is 12.2. The number of primary amides is 1. The molecular formula is C23H46N6O3. The highest BCUT2D eigenvalue weighted by molar-refractivity contribution is 5.77. The lowest BCUT2D eigenvalue weighted by Gasteiger charge is -2.49. The molecule has 9 nitrogen and oxygen atoms in total. The maximum absolute atomic E-state index is 12.2. The maximum Gasteiger partial charge on any atom is 0.224 e. The minimum atomic E-state index is -0.778. The molecule has 0 aromatic heterocycles. The van der Waals surface area contributed by atoms with Crippen LogP contribution in [-0.4, -0.2) is 78.4 Å². The minimum Gasteiger partial charge on any atom is -0.390 e. The van der Waals surface area contributed by atoms with Gasteiger partial charge in [0.1, 0.15) is 6.29 Å². The number of aliphatic hydroxyl groups is 1. The van der Waals surface area contributed by atoms with Crippen LogP contribution in [0, 0.1) is 17.8 Å². The van der Waals surface area contributed by atoms with Crippen LogP contribution in [0.2, 0.25) is 0 Å². The van der Waals surface area contributed by atoms with Crippen LogP contribution in [-0.2, 0) is 9.53 Å². The van der Waals surface area contributed by atoms with Crippen LogP contribution >= 0.6 is 0 Å². The van der Waals surface area contributed by atoms with E-state index in [0.717, 1.165) is 45.2 Å². The number of rotatable bonds is 7. The number of methoxy groups -OCH3 is 1. The standard InChI is InChI=1S/C23H46N6O3/c1-22(2,31)14-9-15(23(3,4)32-5)11-17(10-14)27-20-18(19(25)30)12-26-21(28-20)29-8-6-7-16(24)13-29/h14-18,20-21,26-28,31H,6-13,24H2,1-5H3,(H2,25,30)/t14?,15?,16-,17?,18?,20?,21?/m0/s1. The molecule has 3 aliphatic rings. The minimum absolute atomic E-state index is 0.0469. The van der Waals surface area contributed by atoms with E-state index in [9.17, 15) is 9.90 Å². The van der Waals surface area contributed by atoms with Crippen molar-refractivity contribution in [2.24, 2.45) is 29.2 Å². The van der Waals surface area contributed by atoms with Crippen LogP contribution in [0.5, 0.6) is 0 Å². The molecule has 0 aromatic carbocycles. The van der Waals surface area contributed by atoms with Gasteiger partial charge in [0.2, 0.25) is 5.91 Å². The van der Waals surface area contributed by atoms with E-state index in [-0.39, 0.29) is 47.9 Å². The number of nitrogens with two attached hydrogens (primary N) is 2. The van der Waals surface area contributed by atoms with Crippen LogP contribution in [0.25, 0.3) is 0 Å². The fourth-order valence-electron chi connectivity index (χ4n) is 5.66. The van der Waals surface area contributed by atoms with Crippen molar-refractivity contribution >= 4 is 5.91 Å². The average molecular weight is 455 g/mol. The summed E-state index contributed by atoms with van der Waals surface area (Å²) in [5, 5.41) is 21.6. The van der Waals surface area contributed by atoms with Crippen LogP contribution in [0.15, 0.2) is 0 Å². The molecule has 1 aliphatic carbocycles. The molecule has 6 unspecified atom stereocenters. The molecule has 0 spiro atoms. The van der Waals surface area contributed by atoms with Gasteiger partial charge >= 0.3 is 0 Å². The number of hydrogen-bond acceptors (Lipinski definition) is 8. The summed E-state index contributed by atoms with van der Waals surface area (Å²) in [7, 11) is 1.75. The highest BCUT2D eigenvalue weighted by Crippen LogP contribution is 2.41. The van der Waals surface area contributed by atoms with E-state index < -0.39 is 5.60 Å². The Morgan fingerprint density at radius 3 is 2.47 bits per heavy atom. The summed E-state index contributed by atoms with van der Waals surface area (Å²) in [6.45, 7) is 10.3. The molecule has 3 fully saturated rings. The van der Waals surface area contributed by atoms with Gasteiger partial charge in [-0.05, 0) is 71.6 Å². The summed E-state index contributed by atoms with van der Waals surface area (Å²) in [5.74, 6) is -0.251. The summed E-state index contributed by atoms with van der Waals surface area (Å²) >= 11 is 0. The summed E-state index contributed by atoms with van der Waals surface area (Å²) < 4.78 is 5.81. The molecule has 2 heterocycles. The largest absolute Gasteiger partial charge is 0.390 e. The van der Waals surface area contributed by atoms with E-state index in [2.05, 4.69) is 34.7 Å². The number of nitrogens with zero attached hydrogens (tertiary/aromatic N) is 1. The van der Waals surface area contributed by atoms with E-state index in [1.807, 2.05) is 13.8 Å². The van der Waals surface area contributed by atoms with E-state index in [0.29, 0.717) is 12.5 Å². The molecule has 7 atom stereocenters.